The molecule has 0 radical (unpaired) electrons. The van der Waals surface area contributed by atoms with E-state index >= 15 is 0 Å². The van der Waals surface area contributed by atoms with Gasteiger partial charge in [0.25, 0.3) is 0 Å². The van der Waals surface area contributed by atoms with Gasteiger partial charge in [0.1, 0.15) is 0 Å². The maximum Gasteiger partial charge on any atom is 0.236 e. The third-order valence-electron chi connectivity index (χ3n) is 4.84. The minimum atomic E-state index is -0.265. The number of thioether (sulfide) groups is 1. The van der Waals surface area contributed by atoms with Crippen molar-refractivity contribution < 1.29 is 4.79 Å². The van der Waals surface area contributed by atoms with Crippen LogP contribution in [-0.4, -0.2) is 47.9 Å². The normalized spacial score (nSPS) is 12.4. The summed E-state index contributed by atoms with van der Waals surface area (Å²) in [7, 11) is 0. The van der Waals surface area contributed by atoms with Crippen molar-refractivity contribution in [2.75, 3.05) is 0 Å². The lowest BCUT2D eigenvalue weighted by molar-refractivity contribution is -0.133. The quantitative estimate of drug-likeness (QED) is 0.499. The molecular weight excluding hydrogens is 394 g/mol. The third kappa shape index (κ3) is 5.08. The maximum atomic E-state index is 13.1. The van der Waals surface area contributed by atoms with Gasteiger partial charge in [0, 0.05) is 30.0 Å². The number of rotatable bonds is 8. The number of hydrogen-bond acceptors (Lipinski definition) is 5. The number of carbonyl (C=O) groups excluding carboxylic acids is 1. The zero-order valence-electron chi connectivity index (χ0n) is 18.2. The molecule has 3 aromatic rings. The van der Waals surface area contributed by atoms with E-state index in [1.807, 2.05) is 42.2 Å². The van der Waals surface area contributed by atoms with E-state index in [2.05, 4.69) is 59.6 Å². The molecule has 0 unspecified atom stereocenters. The SMILES string of the molecule is CC(C)N(C(=O)[C@H](C)Sc1nnc(-c2ccncc2)n1Cc1ccccc1)C(C)C. The first-order valence-corrected chi connectivity index (χ1v) is 11.1. The van der Waals surface area contributed by atoms with E-state index in [9.17, 15) is 4.79 Å². The molecule has 0 aliphatic rings. The van der Waals surface area contributed by atoms with Crippen LogP contribution in [0.15, 0.2) is 60.0 Å². The predicted molar refractivity (Wildman–Crippen MR) is 121 cm³/mol. The number of hydrogen-bond donors (Lipinski definition) is 0. The first kappa shape index (κ1) is 22.0. The highest BCUT2D eigenvalue weighted by molar-refractivity contribution is 8.00. The Morgan fingerprint density at radius 2 is 1.60 bits per heavy atom. The number of carbonyl (C=O) groups is 1. The summed E-state index contributed by atoms with van der Waals surface area (Å²) in [5.74, 6) is 0.887. The number of aromatic nitrogens is 4. The van der Waals surface area contributed by atoms with Crippen LogP contribution >= 0.6 is 11.8 Å². The van der Waals surface area contributed by atoms with Crippen molar-refractivity contribution in [3.05, 3.63) is 60.4 Å². The molecule has 6 nitrogen and oxygen atoms in total. The smallest absolute Gasteiger partial charge is 0.236 e. The molecule has 0 aliphatic heterocycles. The summed E-state index contributed by atoms with van der Waals surface area (Å²) in [5.41, 5.74) is 2.10. The second-order valence-corrected chi connectivity index (χ2v) is 9.11. The van der Waals surface area contributed by atoms with E-state index in [0.717, 1.165) is 22.1 Å². The fourth-order valence-corrected chi connectivity index (χ4v) is 4.43. The molecule has 0 N–H and O–H groups in total. The van der Waals surface area contributed by atoms with Crippen LogP contribution in [0.4, 0.5) is 0 Å². The summed E-state index contributed by atoms with van der Waals surface area (Å²) in [6.07, 6.45) is 3.50. The zero-order chi connectivity index (χ0) is 21.7. The molecule has 0 bridgehead atoms. The van der Waals surface area contributed by atoms with Crippen LogP contribution in [0.2, 0.25) is 0 Å². The van der Waals surface area contributed by atoms with Crippen LogP contribution in [0.5, 0.6) is 0 Å². The van der Waals surface area contributed by atoms with Crippen LogP contribution < -0.4 is 0 Å². The highest BCUT2D eigenvalue weighted by Crippen LogP contribution is 2.29. The van der Waals surface area contributed by atoms with Crippen LogP contribution in [0.3, 0.4) is 0 Å². The number of benzene rings is 1. The van der Waals surface area contributed by atoms with Gasteiger partial charge in [0.15, 0.2) is 11.0 Å². The number of pyridine rings is 1. The molecule has 0 saturated carbocycles. The van der Waals surface area contributed by atoms with E-state index in [-0.39, 0.29) is 23.2 Å². The Morgan fingerprint density at radius 1 is 0.967 bits per heavy atom. The summed E-state index contributed by atoms with van der Waals surface area (Å²) in [6, 6.07) is 14.4. The first-order chi connectivity index (χ1) is 14.4. The first-order valence-electron chi connectivity index (χ1n) is 10.2. The van der Waals surface area contributed by atoms with Crippen molar-refractivity contribution in [1.82, 2.24) is 24.6 Å². The van der Waals surface area contributed by atoms with Crippen molar-refractivity contribution in [1.29, 1.82) is 0 Å². The van der Waals surface area contributed by atoms with Gasteiger partial charge in [-0.2, -0.15) is 0 Å². The molecular formula is C23H29N5OS. The van der Waals surface area contributed by atoms with Gasteiger partial charge >= 0.3 is 0 Å². The van der Waals surface area contributed by atoms with Crippen LogP contribution in [0.25, 0.3) is 11.4 Å². The Balaban J connectivity index is 1.92. The molecule has 2 heterocycles. The van der Waals surface area contributed by atoms with Crippen LogP contribution in [-0.2, 0) is 11.3 Å². The molecule has 1 atom stereocenters. The van der Waals surface area contributed by atoms with Gasteiger partial charge in [-0.3, -0.25) is 14.3 Å². The summed E-state index contributed by atoms with van der Waals surface area (Å²) in [6.45, 7) is 10.8. The van der Waals surface area contributed by atoms with Crippen molar-refractivity contribution in [3.8, 4) is 11.4 Å². The highest BCUT2D eigenvalue weighted by Gasteiger charge is 2.28. The number of nitrogens with zero attached hydrogens (tertiary/aromatic N) is 5. The average molecular weight is 424 g/mol. The molecule has 1 amide bonds. The van der Waals surface area contributed by atoms with Crippen LogP contribution in [0, 0.1) is 0 Å². The Bertz CT molecular complexity index is 948. The molecule has 0 fully saturated rings. The second-order valence-electron chi connectivity index (χ2n) is 7.81. The summed E-state index contributed by atoms with van der Waals surface area (Å²) in [4.78, 5) is 19.1. The molecule has 0 spiro atoms. The van der Waals surface area contributed by atoms with Crippen molar-refractivity contribution in [2.24, 2.45) is 0 Å². The summed E-state index contributed by atoms with van der Waals surface area (Å²) >= 11 is 1.46. The molecule has 2 aromatic heterocycles. The molecule has 0 saturated heterocycles. The van der Waals surface area contributed by atoms with Gasteiger partial charge in [0.05, 0.1) is 11.8 Å². The molecule has 7 heteroatoms. The van der Waals surface area contributed by atoms with Gasteiger partial charge in [-0.15, -0.1) is 10.2 Å². The monoisotopic (exact) mass is 423 g/mol. The summed E-state index contributed by atoms with van der Waals surface area (Å²) < 4.78 is 2.08. The lowest BCUT2D eigenvalue weighted by Gasteiger charge is -2.32. The standard InChI is InChI=1S/C23H29N5OS/c1-16(2)28(17(3)4)22(29)18(5)30-23-26-25-21(20-11-13-24-14-12-20)27(23)15-19-9-7-6-8-10-19/h6-14,16-18H,15H2,1-5H3/t18-/m0/s1. The van der Waals surface area contributed by atoms with E-state index in [1.165, 1.54) is 11.8 Å². The van der Waals surface area contributed by atoms with Gasteiger partial charge in [0.2, 0.25) is 5.91 Å². The fraction of sp³-hybridized carbons (Fsp3) is 0.391. The lowest BCUT2D eigenvalue weighted by Crippen LogP contribution is -2.45. The van der Waals surface area contributed by atoms with E-state index in [4.69, 9.17) is 0 Å². The van der Waals surface area contributed by atoms with Crippen molar-refractivity contribution >= 4 is 17.7 Å². The minimum Gasteiger partial charge on any atom is -0.337 e. The molecule has 3 rings (SSSR count). The molecule has 158 valence electrons. The summed E-state index contributed by atoms with van der Waals surface area (Å²) in [5, 5.41) is 9.36. The van der Waals surface area contributed by atoms with Crippen molar-refractivity contribution in [3.63, 3.8) is 0 Å². The van der Waals surface area contributed by atoms with E-state index < -0.39 is 0 Å². The topological polar surface area (TPSA) is 63.9 Å². The largest absolute Gasteiger partial charge is 0.337 e. The Kier molecular flexibility index (Phi) is 7.26. The fourth-order valence-electron chi connectivity index (χ4n) is 3.52. The van der Waals surface area contributed by atoms with Gasteiger partial charge in [-0.1, -0.05) is 42.1 Å². The molecule has 0 aliphatic carbocycles. The van der Waals surface area contributed by atoms with Gasteiger partial charge in [-0.25, -0.2) is 0 Å². The molecule has 30 heavy (non-hydrogen) atoms. The third-order valence-corrected chi connectivity index (χ3v) is 5.90. The number of amides is 1. The predicted octanol–water partition coefficient (Wildman–Crippen LogP) is 4.51. The van der Waals surface area contributed by atoms with E-state index in [0.29, 0.717) is 6.54 Å². The van der Waals surface area contributed by atoms with Crippen molar-refractivity contribution in [2.45, 2.75) is 63.7 Å². The van der Waals surface area contributed by atoms with Crippen LogP contribution in [0.1, 0.15) is 40.2 Å². The zero-order valence-corrected chi connectivity index (χ0v) is 19.0. The maximum absolute atomic E-state index is 13.1. The Hall–Kier alpha value is -2.67. The Labute approximate surface area is 182 Å². The highest BCUT2D eigenvalue weighted by atomic mass is 32.2. The second kappa shape index (κ2) is 9.89. The lowest BCUT2D eigenvalue weighted by atomic mass is 10.2. The van der Waals surface area contributed by atoms with E-state index in [1.54, 1.807) is 12.4 Å². The van der Waals surface area contributed by atoms with Gasteiger partial charge < -0.3 is 4.90 Å². The minimum absolute atomic E-state index is 0.115. The van der Waals surface area contributed by atoms with Gasteiger partial charge in [-0.05, 0) is 52.3 Å². The molecule has 1 aromatic carbocycles. The average Bonchev–Trinajstić information content (AvgIpc) is 3.11. The Morgan fingerprint density at radius 3 is 2.20 bits per heavy atom.